The summed E-state index contributed by atoms with van der Waals surface area (Å²) in [5, 5.41) is 9.39. The minimum Gasteiger partial charge on any atom is -0.489 e. The Morgan fingerprint density at radius 3 is 2.44 bits per heavy atom. The molecule has 1 unspecified atom stereocenters. The number of benzene rings is 1. The largest absolute Gasteiger partial charge is 0.489 e. The number of ether oxygens (including phenoxy) is 1. The molecule has 1 rings (SSSR count). The second kappa shape index (κ2) is 6.37. The van der Waals surface area contributed by atoms with E-state index >= 15 is 0 Å². The van der Waals surface area contributed by atoms with E-state index in [2.05, 4.69) is 31.9 Å². The van der Waals surface area contributed by atoms with Gasteiger partial charge >= 0.3 is 0 Å². The fraction of sp³-hybridized carbons (Fsp3) is 0.364. The third-order valence-electron chi connectivity index (χ3n) is 2.05. The van der Waals surface area contributed by atoms with E-state index < -0.39 is 6.10 Å². The van der Waals surface area contributed by atoms with Crippen LogP contribution in [0.4, 0.5) is 0 Å². The summed E-state index contributed by atoms with van der Waals surface area (Å²) < 4.78 is 6.83. The maximum Gasteiger partial charge on any atom is 0.150 e. The molecular weight excluding hydrogens is 340 g/mol. The van der Waals surface area contributed by atoms with Gasteiger partial charge in [-0.1, -0.05) is 6.92 Å². The van der Waals surface area contributed by atoms with Crippen LogP contribution in [0.25, 0.3) is 0 Å². The Morgan fingerprint density at radius 1 is 1.44 bits per heavy atom. The molecule has 5 heteroatoms. The van der Waals surface area contributed by atoms with Gasteiger partial charge in [0.15, 0.2) is 0 Å². The van der Waals surface area contributed by atoms with E-state index in [0.29, 0.717) is 26.7 Å². The summed E-state index contributed by atoms with van der Waals surface area (Å²) in [6, 6.07) is 3.34. The number of hydrogen-bond acceptors (Lipinski definition) is 3. The van der Waals surface area contributed by atoms with Crippen LogP contribution in [0.3, 0.4) is 0 Å². The van der Waals surface area contributed by atoms with Gasteiger partial charge in [-0.3, -0.25) is 4.79 Å². The Hall–Kier alpha value is -0.390. The topological polar surface area (TPSA) is 46.5 Å². The summed E-state index contributed by atoms with van der Waals surface area (Å²) in [5.41, 5.74) is 0.558. The molecule has 0 fully saturated rings. The van der Waals surface area contributed by atoms with Gasteiger partial charge in [-0.15, -0.1) is 0 Å². The predicted molar refractivity (Wildman–Crippen MR) is 69.0 cm³/mol. The van der Waals surface area contributed by atoms with E-state index in [1.165, 1.54) is 0 Å². The molecule has 0 aliphatic rings. The van der Waals surface area contributed by atoms with Crippen molar-refractivity contribution < 1.29 is 14.6 Å². The number of rotatable bonds is 5. The molecule has 88 valence electrons. The average molecular weight is 352 g/mol. The average Bonchev–Trinajstić information content (AvgIpc) is 2.27. The van der Waals surface area contributed by atoms with E-state index in [0.717, 1.165) is 6.29 Å². The predicted octanol–water partition coefficient (Wildman–Crippen LogP) is 3.17. The summed E-state index contributed by atoms with van der Waals surface area (Å²) in [5.74, 6) is 0.595. The van der Waals surface area contributed by atoms with E-state index in [1.807, 2.05) is 6.92 Å². The Balaban J connectivity index is 2.84. The van der Waals surface area contributed by atoms with Crippen molar-refractivity contribution in [3.8, 4) is 5.75 Å². The molecule has 0 saturated heterocycles. The van der Waals surface area contributed by atoms with E-state index in [1.54, 1.807) is 12.1 Å². The molecule has 0 amide bonds. The van der Waals surface area contributed by atoms with Crippen LogP contribution in [0.1, 0.15) is 23.7 Å². The van der Waals surface area contributed by atoms with Crippen molar-refractivity contribution in [2.75, 3.05) is 6.61 Å². The number of halogens is 2. The fourth-order valence-electron chi connectivity index (χ4n) is 1.08. The van der Waals surface area contributed by atoms with Gasteiger partial charge in [0.2, 0.25) is 0 Å². The summed E-state index contributed by atoms with van der Waals surface area (Å²) in [7, 11) is 0. The highest BCUT2D eigenvalue weighted by Gasteiger charge is 2.10. The highest BCUT2D eigenvalue weighted by molar-refractivity contribution is 9.11. The third kappa shape index (κ3) is 3.57. The smallest absolute Gasteiger partial charge is 0.150 e. The monoisotopic (exact) mass is 350 g/mol. The zero-order valence-corrected chi connectivity index (χ0v) is 11.9. The van der Waals surface area contributed by atoms with Gasteiger partial charge in [-0.2, -0.15) is 0 Å². The summed E-state index contributed by atoms with van der Waals surface area (Å²) >= 11 is 6.63. The number of carbonyl (C=O) groups is 1. The first kappa shape index (κ1) is 13.7. The van der Waals surface area contributed by atoms with E-state index in [9.17, 15) is 9.90 Å². The Bertz CT molecular complexity index is 356. The lowest BCUT2D eigenvalue weighted by atomic mass is 10.2. The molecule has 16 heavy (non-hydrogen) atoms. The fourth-order valence-corrected chi connectivity index (χ4v) is 2.53. The second-order valence-electron chi connectivity index (χ2n) is 3.30. The molecule has 0 heterocycles. The summed E-state index contributed by atoms with van der Waals surface area (Å²) in [6.45, 7) is 2.11. The second-order valence-corrected chi connectivity index (χ2v) is 5.01. The first-order valence-corrected chi connectivity index (χ1v) is 6.42. The number of aliphatic hydroxyl groups is 1. The van der Waals surface area contributed by atoms with Crippen LogP contribution in [0.2, 0.25) is 0 Å². The first-order chi connectivity index (χ1) is 7.58. The van der Waals surface area contributed by atoms with Gasteiger partial charge in [0, 0.05) is 5.56 Å². The van der Waals surface area contributed by atoms with Crippen molar-refractivity contribution in [1.82, 2.24) is 0 Å². The van der Waals surface area contributed by atoms with Gasteiger partial charge in [-0.25, -0.2) is 0 Å². The molecule has 0 spiro atoms. The molecule has 1 aromatic rings. The standard InChI is InChI=1S/C11H12Br2O3/c1-2-8(15)6-16-11-9(12)3-7(5-14)4-10(11)13/h3-5,8,15H,2,6H2,1H3. The number of aldehydes is 1. The van der Waals surface area contributed by atoms with Crippen LogP contribution in [-0.4, -0.2) is 24.1 Å². The maximum atomic E-state index is 10.6. The van der Waals surface area contributed by atoms with Crippen LogP contribution >= 0.6 is 31.9 Å². The van der Waals surface area contributed by atoms with Crippen LogP contribution in [-0.2, 0) is 0 Å². The molecule has 0 radical (unpaired) electrons. The number of hydrogen-bond donors (Lipinski definition) is 1. The molecule has 1 aromatic carbocycles. The Labute approximate surface area is 111 Å². The minimum atomic E-state index is -0.482. The normalized spacial score (nSPS) is 12.2. The molecule has 1 N–H and O–H groups in total. The molecule has 1 atom stereocenters. The first-order valence-electron chi connectivity index (χ1n) is 4.83. The quantitative estimate of drug-likeness (QED) is 0.829. The van der Waals surface area contributed by atoms with E-state index in [-0.39, 0.29) is 6.61 Å². The van der Waals surface area contributed by atoms with Gasteiger partial charge < -0.3 is 9.84 Å². The van der Waals surface area contributed by atoms with Gasteiger partial charge in [-0.05, 0) is 50.4 Å². The van der Waals surface area contributed by atoms with Crippen LogP contribution in [0.5, 0.6) is 5.75 Å². The highest BCUT2D eigenvalue weighted by Crippen LogP contribution is 2.34. The highest BCUT2D eigenvalue weighted by atomic mass is 79.9. The zero-order chi connectivity index (χ0) is 12.1. The van der Waals surface area contributed by atoms with E-state index in [4.69, 9.17) is 4.74 Å². The van der Waals surface area contributed by atoms with Crippen molar-refractivity contribution in [3.63, 3.8) is 0 Å². The van der Waals surface area contributed by atoms with Crippen LogP contribution in [0, 0.1) is 0 Å². The lowest BCUT2D eigenvalue weighted by molar-refractivity contribution is 0.103. The number of carbonyl (C=O) groups excluding carboxylic acids is 1. The molecular formula is C11H12Br2O3. The zero-order valence-electron chi connectivity index (χ0n) is 8.74. The summed E-state index contributed by atoms with van der Waals surface area (Å²) in [6.07, 6.45) is 0.923. The van der Waals surface area contributed by atoms with Crippen molar-refractivity contribution in [2.24, 2.45) is 0 Å². The lowest BCUT2D eigenvalue weighted by Crippen LogP contribution is -2.16. The molecule has 0 aliphatic carbocycles. The Kier molecular flexibility index (Phi) is 5.44. The molecule has 0 saturated carbocycles. The lowest BCUT2D eigenvalue weighted by Gasteiger charge is -2.13. The molecule has 0 aliphatic heterocycles. The van der Waals surface area contributed by atoms with Gasteiger partial charge in [0.05, 0.1) is 15.0 Å². The molecule has 0 bridgehead atoms. The molecule has 3 nitrogen and oxygen atoms in total. The molecule has 0 aromatic heterocycles. The SMILES string of the molecule is CCC(O)COc1c(Br)cc(C=O)cc1Br. The minimum absolute atomic E-state index is 0.230. The van der Waals surface area contributed by atoms with Crippen molar-refractivity contribution in [2.45, 2.75) is 19.4 Å². The van der Waals surface area contributed by atoms with Gasteiger partial charge in [0.25, 0.3) is 0 Å². The van der Waals surface area contributed by atoms with Crippen LogP contribution < -0.4 is 4.74 Å². The third-order valence-corrected chi connectivity index (χ3v) is 3.23. The van der Waals surface area contributed by atoms with Crippen molar-refractivity contribution in [3.05, 3.63) is 26.6 Å². The number of aliphatic hydroxyl groups excluding tert-OH is 1. The van der Waals surface area contributed by atoms with Crippen molar-refractivity contribution >= 4 is 38.1 Å². The van der Waals surface area contributed by atoms with Crippen molar-refractivity contribution in [1.29, 1.82) is 0 Å². The summed E-state index contributed by atoms with van der Waals surface area (Å²) in [4.78, 5) is 10.6. The maximum absolute atomic E-state index is 10.6. The Morgan fingerprint density at radius 2 is 2.00 bits per heavy atom. The van der Waals surface area contributed by atoms with Gasteiger partial charge in [0.1, 0.15) is 18.6 Å². The van der Waals surface area contributed by atoms with Crippen LogP contribution in [0.15, 0.2) is 21.1 Å².